The van der Waals surface area contributed by atoms with Gasteiger partial charge in [-0.05, 0) is 42.3 Å². The third-order valence-electron chi connectivity index (χ3n) is 3.96. The van der Waals surface area contributed by atoms with Gasteiger partial charge in [-0.1, -0.05) is 48.5 Å². The highest BCUT2D eigenvalue weighted by molar-refractivity contribution is 5.78. The number of benzene rings is 2. The van der Waals surface area contributed by atoms with Gasteiger partial charge in [0.2, 0.25) is 0 Å². The molecule has 1 N–H and O–H groups in total. The first-order valence-electron chi connectivity index (χ1n) is 7.32. The quantitative estimate of drug-likeness (QED) is 0.810. The van der Waals surface area contributed by atoms with Crippen molar-refractivity contribution in [2.45, 2.75) is 12.3 Å². The molecule has 0 heterocycles. The zero-order valence-corrected chi connectivity index (χ0v) is 11.9. The normalized spacial score (nSPS) is 13.2. The van der Waals surface area contributed by atoms with Crippen molar-refractivity contribution in [2.75, 3.05) is 26.8 Å². The van der Waals surface area contributed by atoms with Crippen LogP contribution in [0.1, 0.15) is 23.5 Å². The van der Waals surface area contributed by atoms with Crippen molar-refractivity contribution in [1.82, 2.24) is 5.32 Å². The van der Waals surface area contributed by atoms with E-state index in [0.717, 1.165) is 26.2 Å². The molecule has 1 aliphatic carbocycles. The summed E-state index contributed by atoms with van der Waals surface area (Å²) >= 11 is 0. The lowest BCUT2D eigenvalue weighted by molar-refractivity contribution is 0.126. The summed E-state index contributed by atoms with van der Waals surface area (Å²) in [7, 11) is 1.98. The number of nitrogens with one attached hydrogen (secondary N) is 1. The van der Waals surface area contributed by atoms with Crippen LogP contribution in [-0.4, -0.2) is 26.8 Å². The summed E-state index contributed by atoms with van der Waals surface area (Å²) in [4.78, 5) is 0. The summed E-state index contributed by atoms with van der Waals surface area (Å²) in [6.07, 6.45) is 1.06. The van der Waals surface area contributed by atoms with Crippen molar-refractivity contribution in [3.05, 3.63) is 59.7 Å². The third-order valence-corrected chi connectivity index (χ3v) is 3.96. The molecule has 3 rings (SSSR count). The molecular formula is C18H21NO. The maximum atomic E-state index is 5.89. The molecule has 0 aromatic heterocycles. The van der Waals surface area contributed by atoms with E-state index in [1.165, 1.54) is 22.3 Å². The van der Waals surface area contributed by atoms with E-state index in [0.29, 0.717) is 5.92 Å². The average Bonchev–Trinajstić information content (AvgIpc) is 2.82. The second-order valence-corrected chi connectivity index (χ2v) is 5.26. The molecule has 104 valence electrons. The summed E-state index contributed by atoms with van der Waals surface area (Å²) in [6, 6.07) is 17.4. The second-order valence-electron chi connectivity index (χ2n) is 5.26. The molecule has 0 saturated carbocycles. The predicted molar refractivity (Wildman–Crippen MR) is 83.1 cm³/mol. The number of hydrogen-bond donors (Lipinski definition) is 1. The molecule has 0 fully saturated rings. The fourth-order valence-electron chi connectivity index (χ4n) is 2.99. The molecule has 20 heavy (non-hydrogen) atoms. The highest BCUT2D eigenvalue weighted by atomic mass is 16.5. The van der Waals surface area contributed by atoms with Gasteiger partial charge in [0.05, 0.1) is 6.61 Å². The molecule has 0 bridgehead atoms. The summed E-state index contributed by atoms with van der Waals surface area (Å²) in [5.41, 5.74) is 5.54. The van der Waals surface area contributed by atoms with Crippen molar-refractivity contribution in [1.29, 1.82) is 0 Å². The Morgan fingerprint density at radius 2 is 1.55 bits per heavy atom. The van der Waals surface area contributed by atoms with Crippen LogP contribution in [0.15, 0.2) is 48.5 Å². The van der Waals surface area contributed by atoms with E-state index in [1.807, 2.05) is 7.05 Å². The fraction of sp³-hybridized carbons (Fsp3) is 0.333. The lowest BCUT2D eigenvalue weighted by Crippen LogP contribution is -2.13. The van der Waals surface area contributed by atoms with Crippen LogP contribution in [0.3, 0.4) is 0 Å². The molecule has 2 heteroatoms. The Hall–Kier alpha value is -1.64. The molecule has 0 atom stereocenters. The average molecular weight is 267 g/mol. The maximum absolute atomic E-state index is 5.89. The molecule has 2 aromatic rings. The summed E-state index contributed by atoms with van der Waals surface area (Å²) < 4.78 is 5.89. The molecule has 0 amide bonds. The van der Waals surface area contributed by atoms with Crippen LogP contribution < -0.4 is 5.32 Å². The van der Waals surface area contributed by atoms with Crippen molar-refractivity contribution >= 4 is 0 Å². The molecule has 2 nitrogen and oxygen atoms in total. The van der Waals surface area contributed by atoms with Gasteiger partial charge in [0.1, 0.15) is 0 Å². The molecule has 0 spiro atoms. The van der Waals surface area contributed by atoms with Crippen molar-refractivity contribution in [3.63, 3.8) is 0 Å². The Morgan fingerprint density at radius 1 is 0.950 bits per heavy atom. The third kappa shape index (κ3) is 2.49. The van der Waals surface area contributed by atoms with Crippen molar-refractivity contribution in [2.24, 2.45) is 0 Å². The standard InChI is InChI=1S/C18H21NO/c1-19-11-6-12-20-13-18-16-9-4-2-7-14(16)15-8-3-5-10-17(15)18/h2-5,7-10,18-19H,6,11-13H2,1H3. The van der Waals surface area contributed by atoms with E-state index in [-0.39, 0.29) is 0 Å². The predicted octanol–water partition coefficient (Wildman–Crippen LogP) is 3.43. The fourth-order valence-corrected chi connectivity index (χ4v) is 2.99. The Balaban J connectivity index is 1.77. The number of fused-ring (bicyclic) bond motifs is 3. The molecule has 0 unspecified atom stereocenters. The zero-order chi connectivity index (χ0) is 13.8. The minimum Gasteiger partial charge on any atom is -0.380 e. The highest BCUT2D eigenvalue weighted by Crippen LogP contribution is 2.44. The molecule has 2 aromatic carbocycles. The number of rotatable bonds is 6. The largest absolute Gasteiger partial charge is 0.380 e. The Kier molecular flexibility index (Phi) is 4.14. The van der Waals surface area contributed by atoms with Gasteiger partial charge in [0, 0.05) is 12.5 Å². The van der Waals surface area contributed by atoms with Gasteiger partial charge in [-0.25, -0.2) is 0 Å². The van der Waals surface area contributed by atoms with Crippen LogP contribution >= 0.6 is 0 Å². The van der Waals surface area contributed by atoms with Crippen LogP contribution in [0.25, 0.3) is 11.1 Å². The van der Waals surface area contributed by atoms with E-state index in [4.69, 9.17) is 4.74 Å². The molecular weight excluding hydrogens is 246 g/mol. The van der Waals surface area contributed by atoms with Crippen LogP contribution in [0, 0.1) is 0 Å². The topological polar surface area (TPSA) is 21.3 Å². The first kappa shape index (κ1) is 13.3. The lowest BCUT2D eigenvalue weighted by Gasteiger charge is -2.14. The van der Waals surface area contributed by atoms with E-state index in [1.54, 1.807) is 0 Å². The zero-order valence-electron chi connectivity index (χ0n) is 11.9. The lowest BCUT2D eigenvalue weighted by atomic mass is 9.98. The molecule has 0 aliphatic heterocycles. The van der Waals surface area contributed by atoms with Gasteiger partial charge in [-0.2, -0.15) is 0 Å². The van der Waals surface area contributed by atoms with E-state index < -0.39 is 0 Å². The first-order valence-corrected chi connectivity index (χ1v) is 7.32. The monoisotopic (exact) mass is 267 g/mol. The second kappa shape index (κ2) is 6.21. The van der Waals surface area contributed by atoms with Gasteiger partial charge < -0.3 is 10.1 Å². The molecule has 0 radical (unpaired) electrons. The summed E-state index contributed by atoms with van der Waals surface area (Å²) in [5.74, 6) is 0.386. The molecule has 0 saturated heterocycles. The molecule has 1 aliphatic rings. The summed E-state index contributed by atoms with van der Waals surface area (Å²) in [6.45, 7) is 2.61. The van der Waals surface area contributed by atoms with Gasteiger partial charge >= 0.3 is 0 Å². The Bertz CT molecular complexity index is 534. The van der Waals surface area contributed by atoms with E-state index in [9.17, 15) is 0 Å². The van der Waals surface area contributed by atoms with E-state index >= 15 is 0 Å². The van der Waals surface area contributed by atoms with Crippen LogP contribution in [0.2, 0.25) is 0 Å². The first-order chi connectivity index (χ1) is 9.92. The smallest absolute Gasteiger partial charge is 0.0575 e. The number of hydrogen-bond acceptors (Lipinski definition) is 2. The van der Waals surface area contributed by atoms with Gasteiger partial charge in [0.25, 0.3) is 0 Å². The SMILES string of the molecule is CNCCCOCC1c2ccccc2-c2ccccc21. The minimum absolute atomic E-state index is 0.386. The van der Waals surface area contributed by atoms with Crippen molar-refractivity contribution < 1.29 is 4.74 Å². The van der Waals surface area contributed by atoms with Gasteiger partial charge in [-0.15, -0.1) is 0 Å². The summed E-state index contributed by atoms with van der Waals surface area (Å²) in [5, 5.41) is 3.15. The highest BCUT2D eigenvalue weighted by Gasteiger charge is 2.27. The van der Waals surface area contributed by atoms with Crippen LogP contribution in [0.5, 0.6) is 0 Å². The number of ether oxygens (including phenoxy) is 1. The van der Waals surface area contributed by atoms with Gasteiger partial charge in [0.15, 0.2) is 0 Å². The maximum Gasteiger partial charge on any atom is 0.0575 e. The Labute approximate surface area is 120 Å². The minimum atomic E-state index is 0.386. The Morgan fingerprint density at radius 3 is 2.15 bits per heavy atom. The van der Waals surface area contributed by atoms with Crippen LogP contribution in [-0.2, 0) is 4.74 Å². The van der Waals surface area contributed by atoms with Crippen LogP contribution in [0.4, 0.5) is 0 Å². The van der Waals surface area contributed by atoms with Gasteiger partial charge in [-0.3, -0.25) is 0 Å². The van der Waals surface area contributed by atoms with Crippen molar-refractivity contribution in [3.8, 4) is 11.1 Å². The van der Waals surface area contributed by atoms with E-state index in [2.05, 4.69) is 53.8 Å².